The lowest BCUT2D eigenvalue weighted by molar-refractivity contribution is -0.385. The molecule has 0 radical (unpaired) electrons. The number of methoxy groups -OCH3 is 1. The molecule has 0 unspecified atom stereocenters. The summed E-state index contributed by atoms with van der Waals surface area (Å²) in [5.74, 6) is -0.432. The number of rotatable bonds is 5. The summed E-state index contributed by atoms with van der Waals surface area (Å²) >= 11 is 0. The van der Waals surface area contributed by atoms with Crippen LogP contribution < -0.4 is 14.4 Å². The second-order valence-electron chi connectivity index (χ2n) is 6.23. The molecule has 0 N–H and O–H groups in total. The van der Waals surface area contributed by atoms with Gasteiger partial charge in [-0.15, -0.1) is 0 Å². The molecule has 0 spiro atoms. The molecule has 140 valence electrons. The molecule has 8 nitrogen and oxygen atoms in total. The third-order valence-electron chi connectivity index (χ3n) is 4.44. The number of carbonyl (C=O) groups excluding carboxylic acids is 2. The van der Waals surface area contributed by atoms with Crippen LogP contribution in [0.2, 0.25) is 0 Å². The Balaban J connectivity index is 1.72. The van der Waals surface area contributed by atoms with Gasteiger partial charge in [0, 0.05) is 24.6 Å². The van der Waals surface area contributed by atoms with Crippen LogP contribution in [0.4, 0.5) is 11.4 Å². The largest absolute Gasteiger partial charge is 0.497 e. The molecule has 1 aliphatic rings. The minimum Gasteiger partial charge on any atom is -0.497 e. The van der Waals surface area contributed by atoms with Crippen LogP contribution in [0.25, 0.3) is 0 Å². The zero-order chi connectivity index (χ0) is 19.6. The van der Waals surface area contributed by atoms with Gasteiger partial charge in [-0.2, -0.15) is 0 Å². The highest BCUT2D eigenvalue weighted by atomic mass is 16.6. The molecule has 1 atom stereocenters. The molecule has 1 saturated heterocycles. The number of hydrogen-bond acceptors (Lipinski definition) is 6. The molecule has 1 amide bonds. The van der Waals surface area contributed by atoms with Gasteiger partial charge in [-0.25, -0.2) is 0 Å². The van der Waals surface area contributed by atoms with Gasteiger partial charge >= 0.3 is 5.97 Å². The Morgan fingerprint density at radius 1 is 1.19 bits per heavy atom. The number of anilines is 1. The summed E-state index contributed by atoms with van der Waals surface area (Å²) in [6.45, 7) is 1.75. The maximum atomic E-state index is 12.4. The van der Waals surface area contributed by atoms with E-state index in [4.69, 9.17) is 9.47 Å². The summed E-state index contributed by atoms with van der Waals surface area (Å²) in [4.78, 5) is 36.7. The molecule has 3 rings (SSSR count). The fourth-order valence-electron chi connectivity index (χ4n) is 2.92. The van der Waals surface area contributed by atoms with Crippen molar-refractivity contribution in [2.75, 3.05) is 18.6 Å². The van der Waals surface area contributed by atoms with E-state index in [1.54, 1.807) is 43.3 Å². The van der Waals surface area contributed by atoms with Gasteiger partial charge in [-0.3, -0.25) is 19.7 Å². The van der Waals surface area contributed by atoms with E-state index in [1.807, 2.05) is 0 Å². The molecule has 1 heterocycles. The standard InChI is InChI=1S/C19H18N2O6/c1-12-3-4-14(10-17(12)21(24)25)20-11-13(9-18(20)22)19(23)27-16-7-5-15(26-2)6-8-16/h3-8,10,13H,9,11H2,1-2H3/t13-/m0/s1. The Morgan fingerprint density at radius 2 is 1.85 bits per heavy atom. The smallest absolute Gasteiger partial charge is 0.316 e. The molecule has 0 bridgehead atoms. The number of nitro groups is 1. The predicted octanol–water partition coefficient (Wildman–Crippen LogP) is 2.87. The lowest BCUT2D eigenvalue weighted by Gasteiger charge is -2.16. The average molecular weight is 370 g/mol. The van der Waals surface area contributed by atoms with Crippen molar-refractivity contribution in [3.63, 3.8) is 0 Å². The van der Waals surface area contributed by atoms with Crippen molar-refractivity contribution in [1.29, 1.82) is 0 Å². The van der Waals surface area contributed by atoms with E-state index >= 15 is 0 Å². The number of nitrogens with zero attached hydrogens (tertiary/aromatic N) is 2. The fourth-order valence-corrected chi connectivity index (χ4v) is 2.92. The van der Waals surface area contributed by atoms with Crippen LogP contribution in [0, 0.1) is 23.0 Å². The van der Waals surface area contributed by atoms with Gasteiger partial charge in [0.15, 0.2) is 0 Å². The van der Waals surface area contributed by atoms with Crippen LogP contribution in [-0.2, 0) is 9.59 Å². The molecule has 0 saturated carbocycles. The first-order valence-corrected chi connectivity index (χ1v) is 8.30. The molecule has 8 heteroatoms. The highest BCUT2D eigenvalue weighted by Crippen LogP contribution is 2.30. The summed E-state index contributed by atoms with van der Waals surface area (Å²) in [6, 6.07) is 11.1. The van der Waals surface area contributed by atoms with Crippen LogP contribution in [0.5, 0.6) is 11.5 Å². The first kappa shape index (κ1) is 18.4. The van der Waals surface area contributed by atoms with E-state index in [-0.39, 0.29) is 24.6 Å². The molecule has 2 aromatic carbocycles. The second kappa shape index (κ2) is 7.45. The van der Waals surface area contributed by atoms with Gasteiger partial charge < -0.3 is 14.4 Å². The average Bonchev–Trinajstić information content (AvgIpc) is 3.04. The van der Waals surface area contributed by atoms with E-state index in [0.717, 1.165) is 0 Å². The highest BCUT2D eigenvalue weighted by Gasteiger charge is 2.37. The topological polar surface area (TPSA) is 99.0 Å². The third kappa shape index (κ3) is 3.89. The quantitative estimate of drug-likeness (QED) is 0.347. The van der Waals surface area contributed by atoms with Crippen molar-refractivity contribution >= 4 is 23.3 Å². The van der Waals surface area contributed by atoms with Crippen LogP contribution in [-0.4, -0.2) is 30.5 Å². The lowest BCUT2D eigenvalue weighted by atomic mass is 10.1. The van der Waals surface area contributed by atoms with E-state index in [2.05, 4.69) is 0 Å². The second-order valence-corrected chi connectivity index (χ2v) is 6.23. The van der Waals surface area contributed by atoms with Gasteiger partial charge in [0.1, 0.15) is 11.5 Å². The number of ether oxygens (including phenoxy) is 2. The van der Waals surface area contributed by atoms with Crippen molar-refractivity contribution in [2.24, 2.45) is 5.92 Å². The van der Waals surface area contributed by atoms with Gasteiger partial charge in [-0.05, 0) is 37.3 Å². The van der Waals surface area contributed by atoms with E-state index < -0.39 is 16.8 Å². The van der Waals surface area contributed by atoms with Crippen LogP contribution in [0.3, 0.4) is 0 Å². The normalized spacial score (nSPS) is 16.3. The monoisotopic (exact) mass is 370 g/mol. The summed E-state index contributed by atoms with van der Waals surface area (Å²) in [5.41, 5.74) is 0.840. The number of amides is 1. The summed E-state index contributed by atoms with van der Waals surface area (Å²) < 4.78 is 10.4. The van der Waals surface area contributed by atoms with Gasteiger partial charge in [0.05, 0.1) is 23.6 Å². The van der Waals surface area contributed by atoms with Crippen molar-refractivity contribution in [1.82, 2.24) is 0 Å². The molecule has 1 fully saturated rings. The molecule has 0 aliphatic carbocycles. The number of carbonyl (C=O) groups is 2. The maximum Gasteiger partial charge on any atom is 0.316 e. The fraction of sp³-hybridized carbons (Fsp3) is 0.263. The number of benzene rings is 2. The van der Waals surface area contributed by atoms with E-state index in [1.165, 1.54) is 18.1 Å². The molecule has 0 aromatic heterocycles. The number of aryl methyl sites for hydroxylation is 1. The molecule has 2 aromatic rings. The maximum absolute atomic E-state index is 12.4. The zero-order valence-corrected chi connectivity index (χ0v) is 14.9. The van der Waals surface area contributed by atoms with Gasteiger partial charge in [-0.1, -0.05) is 6.07 Å². The first-order chi connectivity index (χ1) is 12.9. The van der Waals surface area contributed by atoms with Crippen LogP contribution in [0.1, 0.15) is 12.0 Å². The van der Waals surface area contributed by atoms with Crippen molar-refractivity contribution in [2.45, 2.75) is 13.3 Å². The highest BCUT2D eigenvalue weighted by molar-refractivity contribution is 6.00. The summed E-state index contributed by atoms with van der Waals surface area (Å²) in [6.07, 6.45) is -0.00331. The van der Waals surface area contributed by atoms with Crippen LogP contribution >= 0.6 is 0 Å². The molecular formula is C19H18N2O6. The van der Waals surface area contributed by atoms with Gasteiger partial charge in [0.2, 0.25) is 5.91 Å². The van der Waals surface area contributed by atoms with E-state index in [9.17, 15) is 19.7 Å². The number of esters is 1. The third-order valence-corrected chi connectivity index (χ3v) is 4.44. The van der Waals surface area contributed by atoms with Crippen molar-refractivity contribution in [3.8, 4) is 11.5 Å². The minimum absolute atomic E-state index is 0.00331. The predicted molar refractivity (Wildman–Crippen MR) is 96.9 cm³/mol. The minimum atomic E-state index is -0.639. The SMILES string of the molecule is COc1ccc(OC(=O)[C@H]2CC(=O)N(c3ccc(C)c([N+](=O)[O-])c3)C2)cc1. The van der Waals surface area contributed by atoms with Crippen LogP contribution in [0.15, 0.2) is 42.5 Å². The number of hydrogen-bond donors (Lipinski definition) is 0. The van der Waals surface area contributed by atoms with Crippen molar-refractivity contribution in [3.05, 3.63) is 58.1 Å². The first-order valence-electron chi connectivity index (χ1n) is 8.30. The van der Waals surface area contributed by atoms with E-state index in [0.29, 0.717) is 22.7 Å². The Labute approximate surface area is 155 Å². The molecule has 1 aliphatic heterocycles. The Bertz CT molecular complexity index is 894. The molecular weight excluding hydrogens is 352 g/mol. The summed E-state index contributed by atoms with van der Waals surface area (Å²) in [7, 11) is 1.54. The van der Waals surface area contributed by atoms with Crippen molar-refractivity contribution < 1.29 is 24.0 Å². The number of nitro benzene ring substituents is 1. The summed E-state index contributed by atoms with van der Waals surface area (Å²) in [5, 5.41) is 11.1. The molecule has 27 heavy (non-hydrogen) atoms. The van der Waals surface area contributed by atoms with Gasteiger partial charge in [0.25, 0.3) is 5.69 Å². The Morgan fingerprint density at radius 3 is 2.48 bits per heavy atom. The Kier molecular flexibility index (Phi) is 5.07. The Hall–Kier alpha value is -3.42. The zero-order valence-electron chi connectivity index (χ0n) is 14.9. The lowest BCUT2D eigenvalue weighted by Crippen LogP contribution is -2.27.